The third-order valence-corrected chi connectivity index (χ3v) is 4.56. The number of amides is 2. The fourth-order valence-corrected chi connectivity index (χ4v) is 3.46. The minimum absolute atomic E-state index is 0.205. The van der Waals surface area contributed by atoms with Crippen LogP contribution in [0.3, 0.4) is 0 Å². The number of nitrogens with one attached hydrogen (secondary N) is 1. The molecule has 2 fully saturated rings. The molecule has 7 heteroatoms. The molecule has 4 atom stereocenters. The SMILES string of the molecule is CCOC(=O)[C@]1(C)N[C@H](c2ccco2)[C@@H]2C(=O)N(C)C(=O)[C@H]21. The van der Waals surface area contributed by atoms with E-state index >= 15 is 0 Å². The Morgan fingerprint density at radius 3 is 2.77 bits per heavy atom. The number of hydrogen-bond acceptors (Lipinski definition) is 6. The summed E-state index contributed by atoms with van der Waals surface area (Å²) in [5.41, 5.74) is -1.25. The van der Waals surface area contributed by atoms with Crippen LogP contribution in [0.25, 0.3) is 0 Å². The van der Waals surface area contributed by atoms with Gasteiger partial charge in [-0.1, -0.05) is 0 Å². The van der Waals surface area contributed by atoms with Crippen LogP contribution in [-0.2, 0) is 19.1 Å². The van der Waals surface area contributed by atoms with E-state index in [2.05, 4.69) is 5.32 Å². The largest absolute Gasteiger partial charge is 0.468 e. The zero-order valence-corrected chi connectivity index (χ0v) is 12.7. The smallest absolute Gasteiger partial charge is 0.326 e. The molecule has 3 heterocycles. The summed E-state index contributed by atoms with van der Waals surface area (Å²) in [6.07, 6.45) is 1.50. The molecule has 2 amide bonds. The summed E-state index contributed by atoms with van der Waals surface area (Å²) in [5.74, 6) is -2.14. The second-order valence-corrected chi connectivity index (χ2v) is 5.80. The van der Waals surface area contributed by atoms with Gasteiger partial charge < -0.3 is 9.15 Å². The molecule has 0 aliphatic carbocycles. The van der Waals surface area contributed by atoms with Crippen molar-refractivity contribution in [1.29, 1.82) is 0 Å². The number of carbonyl (C=O) groups excluding carboxylic acids is 3. The van der Waals surface area contributed by atoms with Crippen molar-refractivity contribution in [2.75, 3.05) is 13.7 Å². The van der Waals surface area contributed by atoms with Crippen molar-refractivity contribution >= 4 is 17.8 Å². The first kappa shape index (κ1) is 14.8. The lowest BCUT2D eigenvalue weighted by molar-refractivity contribution is -0.155. The molecular formula is C15H18N2O5. The summed E-state index contributed by atoms with van der Waals surface area (Å²) in [7, 11) is 1.44. The summed E-state index contributed by atoms with van der Waals surface area (Å²) in [4.78, 5) is 38.4. The monoisotopic (exact) mass is 306 g/mol. The Hall–Kier alpha value is -2.15. The van der Waals surface area contributed by atoms with E-state index in [0.29, 0.717) is 5.76 Å². The molecular weight excluding hydrogens is 288 g/mol. The number of imide groups is 1. The van der Waals surface area contributed by atoms with Gasteiger partial charge in [0.05, 0.1) is 30.7 Å². The maximum Gasteiger partial charge on any atom is 0.326 e. The van der Waals surface area contributed by atoms with Gasteiger partial charge in [-0.15, -0.1) is 0 Å². The number of rotatable bonds is 3. The Bertz CT molecular complexity index is 626. The summed E-state index contributed by atoms with van der Waals surface area (Å²) in [5, 5.41) is 3.10. The van der Waals surface area contributed by atoms with Gasteiger partial charge in [-0.25, -0.2) is 0 Å². The van der Waals surface area contributed by atoms with Crippen LogP contribution in [0.5, 0.6) is 0 Å². The minimum Gasteiger partial charge on any atom is -0.468 e. The maximum atomic E-state index is 12.5. The van der Waals surface area contributed by atoms with E-state index in [0.717, 1.165) is 4.90 Å². The van der Waals surface area contributed by atoms with Gasteiger partial charge in [0.1, 0.15) is 11.3 Å². The molecule has 0 saturated carbocycles. The number of nitrogens with zero attached hydrogens (tertiary/aromatic N) is 1. The van der Waals surface area contributed by atoms with Gasteiger partial charge in [0.15, 0.2) is 0 Å². The third kappa shape index (κ3) is 1.81. The fraction of sp³-hybridized carbons (Fsp3) is 0.533. The standard InChI is InChI=1S/C15H18N2O5/c1-4-21-14(20)15(2)10-9(12(18)17(3)13(10)19)11(16-15)8-6-5-7-22-8/h5-7,9-11,16H,4H2,1-3H3/t9-,10+,11-,15-/m1/s1. The highest BCUT2D eigenvalue weighted by atomic mass is 16.5. The number of ether oxygens (including phenoxy) is 1. The molecule has 1 N–H and O–H groups in total. The van der Waals surface area contributed by atoms with Gasteiger partial charge in [0, 0.05) is 7.05 Å². The van der Waals surface area contributed by atoms with Crippen LogP contribution in [0.4, 0.5) is 0 Å². The Morgan fingerprint density at radius 2 is 2.18 bits per heavy atom. The van der Waals surface area contributed by atoms with Crippen molar-refractivity contribution in [1.82, 2.24) is 10.2 Å². The van der Waals surface area contributed by atoms with Crippen molar-refractivity contribution in [3.63, 3.8) is 0 Å². The lowest BCUT2D eigenvalue weighted by atomic mass is 9.81. The molecule has 22 heavy (non-hydrogen) atoms. The summed E-state index contributed by atoms with van der Waals surface area (Å²) < 4.78 is 10.5. The predicted octanol–water partition coefficient (Wildman–Crippen LogP) is 0.477. The third-order valence-electron chi connectivity index (χ3n) is 4.56. The summed E-state index contributed by atoms with van der Waals surface area (Å²) >= 11 is 0. The van der Waals surface area contributed by atoms with Crippen LogP contribution in [0, 0.1) is 11.8 Å². The molecule has 0 spiro atoms. The molecule has 1 aromatic rings. The van der Waals surface area contributed by atoms with Crippen molar-refractivity contribution in [3.05, 3.63) is 24.2 Å². The van der Waals surface area contributed by atoms with Crippen molar-refractivity contribution in [2.24, 2.45) is 11.8 Å². The Morgan fingerprint density at radius 1 is 1.45 bits per heavy atom. The molecule has 118 valence electrons. The normalized spacial score (nSPS) is 34.1. The molecule has 0 unspecified atom stereocenters. The quantitative estimate of drug-likeness (QED) is 0.645. The number of carbonyl (C=O) groups is 3. The Labute approximate surface area is 127 Å². The molecule has 0 bridgehead atoms. The first-order valence-electron chi connectivity index (χ1n) is 7.21. The number of fused-ring (bicyclic) bond motifs is 1. The van der Waals surface area contributed by atoms with E-state index in [-0.39, 0.29) is 18.4 Å². The molecule has 7 nitrogen and oxygen atoms in total. The van der Waals surface area contributed by atoms with Crippen LogP contribution in [0.15, 0.2) is 22.8 Å². The van der Waals surface area contributed by atoms with E-state index < -0.39 is 29.4 Å². The Kier molecular flexibility index (Phi) is 3.32. The maximum absolute atomic E-state index is 12.5. The average molecular weight is 306 g/mol. The number of furan rings is 1. The second kappa shape index (κ2) is 4.95. The van der Waals surface area contributed by atoms with Gasteiger partial charge in [-0.3, -0.25) is 24.6 Å². The van der Waals surface area contributed by atoms with E-state index in [1.54, 1.807) is 26.0 Å². The number of likely N-dealkylation sites (tertiary alicyclic amines) is 1. The minimum atomic E-state index is -1.25. The molecule has 2 saturated heterocycles. The number of hydrogen-bond donors (Lipinski definition) is 1. The van der Waals surface area contributed by atoms with E-state index in [4.69, 9.17) is 9.15 Å². The van der Waals surface area contributed by atoms with Crippen molar-refractivity contribution < 1.29 is 23.5 Å². The van der Waals surface area contributed by atoms with Crippen molar-refractivity contribution in [3.8, 4) is 0 Å². The topological polar surface area (TPSA) is 88.8 Å². The van der Waals surface area contributed by atoms with E-state index in [1.165, 1.54) is 13.3 Å². The highest BCUT2D eigenvalue weighted by Crippen LogP contribution is 2.48. The van der Waals surface area contributed by atoms with Crippen LogP contribution in [-0.4, -0.2) is 41.9 Å². The van der Waals surface area contributed by atoms with Gasteiger partial charge in [0.2, 0.25) is 11.8 Å². The van der Waals surface area contributed by atoms with Gasteiger partial charge >= 0.3 is 5.97 Å². The molecule has 2 aliphatic rings. The highest BCUT2D eigenvalue weighted by molar-refractivity contribution is 6.09. The lowest BCUT2D eigenvalue weighted by Gasteiger charge is -2.28. The number of esters is 1. The molecule has 3 rings (SSSR count). The molecule has 2 aliphatic heterocycles. The van der Waals surface area contributed by atoms with Crippen LogP contribution >= 0.6 is 0 Å². The first-order valence-corrected chi connectivity index (χ1v) is 7.21. The summed E-state index contributed by atoms with van der Waals surface area (Å²) in [6, 6.07) is 2.90. The van der Waals surface area contributed by atoms with Crippen LogP contribution in [0.1, 0.15) is 25.6 Å². The van der Waals surface area contributed by atoms with Gasteiger partial charge in [-0.2, -0.15) is 0 Å². The second-order valence-electron chi connectivity index (χ2n) is 5.80. The van der Waals surface area contributed by atoms with E-state index in [9.17, 15) is 14.4 Å². The average Bonchev–Trinajstić information content (AvgIpc) is 3.15. The molecule has 0 radical (unpaired) electrons. The zero-order valence-electron chi connectivity index (χ0n) is 12.7. The van der Waals surface area contributed by atoms with Gasteiger partial charge in [0.25, 0.3) is 0 Å². The lowest BCUT2D eigenvalue weighted by Crippen LogP contribution is -2.53. The van der Waals surface area contributed by atoms with Crippen molar-refractivity contribution in [2.45, 2.75) is 25.4 Å². The molecule has 1 aromatic heterocycles. The zero-order chi connectivity index (χ0) is 16.1. The molecule has 0 aromatic carbocycles. The predicted molar refractivity (Wildman–Crippen MR) is 74.4 cm³/mol. The summed E-state index contributed by atoms with van der Waals surface area (Å²) in [6.45, 7) is 3.51. The van der Waals surface area contributed by atoms with Gasteiger partial charge in [-0.05, 0) is 26.0 Å². The fourth-order valence-electron chi connectivity index (χ4n) is 3.46. The van der Waals surface area contributed by atoms with Crippen LogP contribution < -0.4 is 5.32 Å². The Balaban J connectivity index is 2.06. The van der Waals surface area contributed by atoms with Crippen LogP contribution in [0.2, 0.25) is 0 Å². The highest BCUT2D eigenvalue weighted by Gasteiger charge is 2.66. The first-order chi connectivity index (χ1) is 10.4. The van der Waals surface area contributed by atoms with E-state index in [1.807, 2.05) is 0 Å².